The molecule has 3 amide bonds. The minimum atomic E-state index is -0.876. The molecule has 0 radical (unpaired) electrons. The van der Waals surface area contributed by atoms with Crippen molar-refractivity contribution in [2.24, 2.45) is 5.73 Å². The van der Waals surface area contributed by atoms with Crippen LogP contribution in [0.2, 0.25) is 0 Å². The fraction of sp³-hybridized carbons (Fsp3) is 0.500. The Labute approximate surface area is 160 Å². The maximum Gasteiger partial charge on any atom is 0.254 e. The average Bonchev–Trinajstić information content (AvgIpc) is 2.59. The van der Waals surface area contributed by atoms with E-state index in [2.05, 4.69) is 10.6 Å². The summed E-state index contributed by atoms with van der Waals surface area (Å²) in [6, 6.07) is 7.02. The molecule has 1 aromatic rings. The van der Waals surface area contributed by atoms with E-state index in [9.17, 15) is 14.4 Å². The molecule has 1 saturated heterocycles. The highest BCUT2D eigenvalue weighted by Crippen LogP contribution is 2.11. The first-order chi connectivity index (χ1) is 11.8. The lowest BCUT2D eigenvalue weighted by molar-refractivity contribution is -0.126. The maximum absolute atomic E-state index is 12.4. The van der Waals surface area contributed by atoms with E-state index in [-0.39, 0.29) is 36.7 Å². The fourth-order valence-electron chi connectivity index (χ4n) is 2.78. The molecule has 1 unspecified atom stereocenters. The number of amides is 3. The molecule has 2 rings (SSSR count). The third kappa shape index (κ3) is 5.71. The molecule has 26 heavy (non-hydrogen) atoms. The lowest BCUT2D eigenvalue weighted by Crippen LogP contribution is -2.51. The van der Waals surface area contributed by atoms with Crippen molar-refractivity contribution in [3.8, 4) is 0 Å². The second-order valence-corrected chi connectivity index (χ2v) is 6.62. The second kappa shape index (κ2) is 9.54. The van der Waals surface area contributed by atoms with E-state index in [1.807, 2.05) is 6.92 Å². The Morgan fingerprint density at radius 2 is 1.96 bits per heavy atom. The number of piperazine rings is 1. The van der Waals surface area contributed by atoms with E-state index in [1.54, 1.807) is 31.2 Å². The zero-order valence-electron chi connectivity index (χ0n) is 15.2. The van der Waals surface area contributed by atoms with Gasteiger partial charge in [0.1, 0.15) is 0 Å². The van der Waals surface area contributed by atoms with Crippen molar-refractivity contribution in [3.63, 3.8) is 0 Å². The maximum atomic E-state index is 12.4. The van der Waals surface area contributed by atoms with E-state index < -0.39 is 5.54 Å². The SMILES string of the molecule is CCCC(C)(N)C(=O)NCc1ccc(C(=O)N2CCNC(=O)C2)cc1.Cl. The normalized spacial score (nSPS) is 16.1. The highest BCUT2D eigenvalue weighted by Gasteiger charge is 2.26. The predicted octanol–water partition coefficient (Wildman–Crippen LogP) is 0.814. The zero-order valence-corrected chi connectivity index (χ0v) is 16.0. The number of halogens is 1. The predicted molar refractivity (Wildman–Crippen MR) is 102 cm³/mol. The molecule has 1 atom stereocenters. The molecular formula is C18H27ClN4O3. The van der Waals surface area contributed by atoms with E-state index >= 15 is 0 Å². The summed E-state index contributed by atoms with van der Waals surface area (Å²) in [6.45, 7) is 5.14. The first-order valence-electron chi connectivity index (χ1n) is 8.55. The van der Waals surface area contributed by atoms with Crippen molar-refractivity contribution in [3.05, 3.63) is 35.4 Å². The first-order valence-corrected chi connectivity index (χ1v) is 8.55. The van der Waals surface area contributed by atoms with Crippen LogP contribution in [0.3, 0.4) is 0 Å². The number of carbonyl (C=O) groups is 3. The molecule has 0 saturated carbocycles. The molecule has 0 aromatic heterocycles. The van der Waals surface area contributed by atoms with E-state index in [1.165, 1.54) is 4.90 Å². The van der Waals surface area contributed by atoms with Gasteiger partial charge in [0.05, 0.1) is 12.1 Å². The largest absolute Gasteiger partial charge is 0.353 e. The molecule has 1 fully saturated rings. The summed E-state index contributed by atoms with van der Waals surface area (Å²) in [5.41, 5.74) is 6.53. The molecule has 8 heteroatoms. The lowest BCUT2D eigenvalue weighted by atomic mass is 9.96. The summed E-state index contributed by atoms with van der Waals surface area (Å²) in [6.07, 6.45) is 1.46. The minimum absolute atomic E-state index is 0. The van der Waals surface area contributed by atoms with Crippen LogP contribution in [0.15, 0.2) is 24.3 Å². The van der Waals surface area contributed by atoms with Crippen molar-refractivity contribution in [1.82, 2.24) is 15.5 Å². The van der Waals surface area contributed by atoms with Crippen molar-refractivity contribution in [2.75, 3.05) is 19.6 Å². The molecule has 0 aliphatic carbocycles. The van der Waals surface area contributed by atoms with Crippen LogP contribution < -0.4 is 16.4 Å². The Morgan fingerprint density at radius 1 is 1.31 bits per heavy atom. The molecular weight excluding hydrogens is 356 g/mol. The minimum Gasteiger partial charge on any atom is -0.353 e. The van der Waals surface area contributed by atoms with Crippen molar-refractivity contribution >= 4 is 30.1 Å². The Bertz CT molecular complexity index is 646. The number of rotatable bonds is 6. The van der Waals surface area contributed by atoms with Gasteiger partial charge in [0.2, 0.25) is 11.8 Å². The molecule has 1 aromatic carbocycles. The molecule has 0 spiro atoms. The van der Waals surface area contributed by atoms with Crippen molar-refractivity contribution < 1.29 is 14.4 Å². The molecule has 1 aliphatic rings. The van der Waals surface area contributed by atoms with Gasteiger partial charge in [-0.05, 0) is 31.0 Å². The van der Waals surface area contributed by atoms with Crippen molar-refractivity contribution in [1.29, 1.82) is 0 Å². The van der Waals surface area contributed by atoms with Gasteiger partial charge >= 0.3 is 0 Å². The van der Waals surface area contributed by atoms with E-state index in [0.717, 1.165) is 12.0 Å². The number of nitrogens with two attached hydrogens (primary N) is 1. The Balaban J connectivity index is 0.00000338. The number of nitrogens with one attached hydrogen (secondary N) is 2. The van der Waals surface area contributed by atoms with Crippen molar-refractivity contribution in [2.45, 2.75) is 38.8 Å². The molecule has 1 aliphatic heterocycles. The average molecular weight is 383 g/mol. The van der Waals surface area contributed by atoms with Gasteiger partial charge < -0.3 is 21.3 Å². The molecule has 7 nitrogen and oxygen atoms in total. The smallest absolute Gasteiger partial charge is 0.254 e. The highest BCUT2D eigenvalue weighted by atomic mass is 35.5. The number of nitrogens with zero attached hydrogens (tertiary/aromatic N) is 1. The third-order valence-corrected chi connectivity index (χ3v) is 4.27. The Hall–Kier alpha value is -2.12. The number of hydrogen-bond acceptors (Lipinski definition) is 4. The monoisotopic (exact) mass is 382 g/mol. The van der Waals surface area contributed by atoms with Crippen LogP contribution in [0.4, 0.5) is 0 Å². The van der Waals surface area contributed by atoms with Gasteiger partial charge in [-0.1, -0.05) is 25.5 Å². The van der Waals surface area contributed by atoms with E-state index in [4.69, 9.17) is 5.73 Å². The van der Waals surface area contributed by atoms with Crippen LogP contribution in [-0.4, -0.2) is 47.8 Å². The summed E-state index contributed by atoms with van der Waals surface area (Å²) in [5, 5.41) is 5.52. The topological polar surface area (TPSA) is 105 Å². The second-order valence-electron chi connectivity index (χ2n) is 6.62. The molecule has 144 valence electrons. The van der Waals surface area contributed by atoms with Crippen LogP contribution >= 0.6 is 12.4 Å². The van der Waals surface area contributed by atoms with Gasteiger partial charge in [0, 0.05) is 25.2 Å². The summed E-state index contributed by atoms with van der Waals surface area (Å²) in [5.74, 6) is -0.493. The van der Waals surface area contributed by atoms with Gasteiger partial charge in [-0.3, -0.25) is 14.4 Å². The molecule has 0 bridgehead atoms. The summed E-state index contributed by atoms with van der Waals surface area (Å²) in [4.78, 5) is 37.4. The summed E-state index contributed by atoms with van der Waals surface area (Å²) >= 11 is 0. The molecule has 1 heterocycles. The van der Waals surface area contributed by atoms with Crippen LogP contribution in [0.1, 0.15) is 42.6 Å². The number of benzene rings is 1. The highest BCUT2D eigenvalue weighted by molar-refractivity contribution is 5.97. The lowest BCUT2D eigenvalue weighted by Gasteiger charge is -2.26. The number of hydrogen-bond donors (Lipinski definition) is 3. The van der Waals surface area contributed by atoms with Gasteiger partial charge in [-0.15, -0.1) is 12.4 Å². The first kappa shape index (κ1) is 21.9. The third-order valence-electron chi connectivity index (χ3n) is 4.27. The number of carbonyl (C=O) groups excluding carboxylic acids is 3. The summed E-state index contributed by atoms with van der Waals surface area (Å²) in [7, 11) is 0. The van der Waals surface area contributed by atoms with Gasteiger partial charge in [0.25, 0.3) is 5.91 Å². The molecule has 4 N–H and O–H groups in total. The zero-order chi connectivity index (χ0) is 18.4. The van der Waals surface area contributed by atoms with Crippen LogP contribution in [0.5, 0.6) is 0 Å². The van der Waals surface area contributed by atoms with Gasteiger partial charge in [-0.2, -0.15) is 0 Å². The Kier molecular flexibility index (Phi) is 8.05. The van der Waals surface area contributed by atoms with E-state index in [0.29, 0.717) is 31.6 Å². The van der Waals surface area contributed by atoms with Crippen LogP contribution in [0, 0.1) is 0 Å². The standard InChI is InChI=1S/C18H26N4O3.ClH/c1-3-8-18(2,19)17(25)21-11-13-4-6-14(7-5-13)16(24)22-10-9-20-15(23)12-22;/h4-7H,3,8-12,19H2,1-2H3,(H,20,23)(H,21,25);1H. The summed E-state index contributed by atoms with van der Waals surface area (Å²) < 4.78 is 0. The van der Waals surface area contributed by atoms with Gasteiger partial charge in [0.15, 0.2) is 0 Å². The van der Waals surface area contributed by atoms with Gasteiger partial charge in [-0.25, -0.2) is 0 Å². The Morgan fingerprint density at radius 3 is 2.54 bits per heavy atom. The fourth-order valence-corrected chi connectivity index (χ4v) is 2.78. The van der Waals surface area contributed by atoms with Crippen LogP contribution in [0.25, 0.3) is 0 Å². The quantitative estimate of drug-likeness (QED) is 0.677. The van der Waals surface area contributed by atoms with Crippen LogP contribution in [-0.2, 0) is 16.1 Å².